The maximum absolute atomic E-state index is 12.6. The molecule has 3 aromatic rings. The molecule has 130 valence electrons. The zero-order chi connectivity index (χ0) is 17.8. The van der Waals surface area contributed by atoms with Crippen molar-refractivity contribution in [1.29, 1.82) is 0 Å². The first kappa shape index (κ1) is 16.9. The summed E-state index contributed by atoms with van der Waals surface area (Å²) in [7, 11) is 0. The summed E-state index contributed by atoms with van der Waals surface area (Å²) in [6.45, 7) is 7.11. The second kappa shape index (κ2) is 7.30. The third-order valence-electron chi connectivity index (χ3n) is 4.14. The highest BCUT2D eigenvalue weighted by atomic mass is 16.5. The SMILES string of the molecule is CCOc1ccc(NC(=O)c2cc(C)n(Cc3ccco3)c2C)cc1. The zero-order valence-corrected chi connectivity index (χ0v) is 14.7. The Hall–Kier alpha value is -2.95. The van der Waals surface area contributed by atoms with Gasteiger partial charge >= 0.3 is 0 Å². The Labute approximate surface area is 147 Å². The summed E-state index contributed by atoms with van der Waals surface area (Å²) in [5.41, 5.74) is 3.34. The van der Waals surface area contributed by atoms with E-state index >= 15 is 0 Å². The Bertz CT molecular complexity index is 846. The first-order valence-corrected chi connectivity index (χ1v) is 8.31. The van der Waals surface area contributed by atoms with Gasteiger partial charge in [-0.25, -0.2) is 0 Å². The van der Waals surface area contributed by atoms with Gasteiger partial charge in [0.1, 0.15) is 11.5 Å². The molecule has 1 aromatic carbocycles. The van der Waals surface area contributed by atoms with Crippen LogP contribution in [0.3, 0.4) is 0 Å². The molecule has 0 aliphatic heterocycles. The van der Waals surface area contributed by atoms with Crippen molar-refractivity contribution in [2.24, 2.45) is 0 Å². The number of benzene rings is 1. The van der Waals surface area contributed by atoms with Crippen molar-refractivity contribution >= 4 is 11.6 Å². The Kier molecular flexibility index (Phi) is 4.93. The largest absolute Gasteiger partial charge is 0.494 e. The molecular weight excluding hydrogens is 316 g/mol. The minimum atomic E-state index is -0.122. The topological polar surface area (TPSA) is 56.4 Å². The van der Waals surface area contributed by atoms with Crippen molar-refractivity contribution in [2.45, 2.75) is 27.3 Å². The van der Waals surface area contributed by atoms with Crippen LogP contribution in [0.2, 0.25) is 0 Å². The Balaban J connectivity index is 1.76. The van der Waals surface area contributed by atoms with E-state index < -0.39 is 0 Å². The molecule has 0 unspecified atom stereocenters. The van der Waals surface area contributed by atoms with Crippen molar-refractivity contribution in [3.8, 4) is 5.75 Å². The van der Waals surface area contributed by atoms with Gasteiger partial charge in [0.15, 0.2) is 0 Å². The number of anilines is 1. The maximum atomic E-state index is 12.6. The van der Waals surface area contributed by atoms with Crippen LogP contribution in [0.1, 0.15) is 34.4 Å². The highest BCUT2D eigenvalue weighted by molar-refractivity contribution is 6.05. The van der Waals surface area contributed by atoms with Gasteiger partial charge in [0, 0.05) is 17.1 Å². The van der Waals surface area contributed by atoms with Gasteiger partial charge in [0.2, 0.25) is 0 Å². The van der Waals surface area contributed by atoms with E-state index in [0.29, 0.717) is 18.7 Å². The molecule has 0 spiro atoms. The summed E-state index contributed by atoms with van der Waals surface area (Å²) in [5.74, 6) is 1.53. The molecule has 0 saturated carbocycles. The third-order valence-corrected chi connectivity index (χ3v) is 4.14. The predicted octanol–water partition coefficient (Wildman–Crippen LogP) is 4.40. The lowest BCUT2D eigenvalue weighted by Crippen LogP contribution is -2.13. The van der Waals surface area contributed by atoms with E-state index in [4.69, 9.17) is 9.15 Å². The third kappa shape index (κ3) is 3.76. The lowest BCUT2D eigenvalue weighted by Gasteiger charge is -2.09. The Morgan fingerprint density at radius 3 is 2.60 bits per heavy atom. The Morgan fingerprint density at radius 1 is 1.20 bits per heavy atom. The molecule has 5 nitrogen and oxygen atoms in total. The van der Waals surface area contributed by atoms with Crippen LogP contribution in [0.4, 0.5) is 5.69 Å². The molecule has 0 aliphatic rings. The highest BCUT2D eigenvalue weighted by Gasteiger charge is 2.16. The van der Waals surface area contributed by atoms with Crippen LogP contribution in [-0.2, 0) is 6.54 Å². The highest BCUT2D eigenvalue weighted by Crippen LogP contribution is 2.20. The van der Waals surface area contributed by atoms with Gasteiger partial charge < -0.3 is 19.0 Å². The summed E-state index contributed by atoms with van der Waals surface area (Å²) in [4.78, 5) is 12.6. The fraction of sp³-hybridized carbons (Fsp3) is 0.250. The molecule has 5 heteroatoms. The Morgan fingerprint density at radius 2 is 1.96 bits per heavy atom. The number of hydrogen-bond donors (Lipinski definition) is 1. The number of amides is 1. The maximum Gasteiger partial charge on any atom is 0.257 e. The van der Waals surface area contributed by atoms with E-state index in [2.05, 4.69) is 9.88 Å². The molecule has 3 rings (SSSR count). The lowest BCUT2D eigenvalue weighted by atomic mass is 10.2. The van der Waals surface area contributed by atoms with E-state index in [9.17, 15) is 4.79 Å². The van der Waals surface area contributed by atoms with E-state index in [1.54, 1.807) is 6.26 Å². The van der Waals surface area contributed by atoms with Gasteiger partial charge in [0.05, 0.1) is 25.0 Å². The van der Waals surface area contributed by atoms with Crippen LogP contribution >= 0.6 is 0 Å². The number of carbonyl (C=O) groups is 1. The average molecular weight is 338 g/mol. The van der Waals surface area contributed by atoms with Crippen molar-refractivity contribution in [1.82, 2.24) is 4.57 Å². The molecule has 2 heterocycles. The molecule has 25 heavy (non-hydrogen) atoms. The smallest absolute Gasteiger partial charge is 0.257 e. The standard InChI is InChI=1S/C20H22N2O3/c1-4-24-17-9-7-16(8-10-17)21-20(23)19-12-14(2)22(15(19)3)13-18-6-5-11-25-18/h5-12H,4,13H2,1-3H3,(H,21,23). The van der Waals surface area contributed by atoms with Gasteiger partial charge in [-0.2, -0.15) is 0 Å². The van der Waals surface area contributed by atoms with Crippen LogP contribution in [-0.4, -0.2) is 17.1 Å². The molecule has 0 atom stereocenters. The molecule has 0 saturated heterocycles. The van der Waals surface area contributed by atoms with E-state index in [-0.39, 0.29) is 5.91 Å². The van der Waals surface area contributed by atoms with E-state index in [1.165, 1.54) is 0 Å². The monoisotopic (exact) mass is 338 g/mol. The minimum absolute atomic E-state index is 0.122. The minimum Gasteiger partial charge on any atom is -0.494 e. The second-order valence-corrected chi connectivity index (χ2v) is 5.86. The van der Waals surface area contributed by atoms with Crippen LogP contribution < -0.4 is 10.1 Å². The van der Waals surface area contributed by atoms with Crippen LogP contribution in [0.15, 0.2) is 53.1 Å². The molecule has 0 fully saturated rings. The normalized spacial score (nSPS) is 10.7. The van der Waals surface area contributed by atoms with Crippen molar-refractivity contribution in [3.63, 3.8) is 0 Å². The summed E-state index contributed by atoms with van der Waals surface area (Å²) in [5, 5.41) is 2.94. The van der Waals surface area contributed by atoms with E-state index in [1.807, 2.05) is 63.2 Å². The summed E-state index contributed by atoms with van der Waals surface area (Å²) in [6.07, 6.45) is 1.66. The summed E-state index contributed by atoms with van der Waals surface area (Å²) in [6, 6.07) is 13.1. The van der Waals surface area contributed by atoms with Crippen LogP contribution in [0, 0.1) is 13.8 Å². The number of ether oxygens (including phenoxy) is 1. The van der Waals surface area contributed by atoms with Crippen molar-refractivity contribution in [3.05, 3.63) is 71.4 Å². The van der Waals surface area contributed by atoms with Crippen LogP contribution in [0.25, 0.3) is 0 Å². The molecular formula is C20H22N2O3. The fourth-order valence-electron chi connectivity index (χ4n) is 2.83. The molecule has 0 radical (unpaired) electrons. The van der Waals surface area contributed by atoms with Gasteiger partial charge in [-0.05, 0) is 63.2 Å². The summed E-state index contributed by atoms with van der Waals surface area (Å²) >= 11 is 0. The van der Waals surface area contributed by atoms with Gasteiger partial charge in [-0.15, -0.1) is 0 Å². The molecule has 1 N–H and O–H groups in total. The number of hydrogen-bond acceptors (Lipinski definition) is 3. The quantitative estimate of drug-likeness (QED) is 0.725. The lowest BCUT2D eigenvalue weighted by molar-refractivity contribution is 0.102. The number of aryl methyl sites for hydroxylation is 1. The first-order chi connectivity index (χ1) is 12.1. The molecule has 2 aromatic heterocycles. The number of aromatic nitrogens is 1. The molecule has 0 aliphatic carbocycles. The van der Waals surface area contributed by atoms with Crippen molar-refractivity contribution in [2.75, 3.05) is 11.9 Å². The van der Waals surface area contributed by atoms with Gasteiger partial charge in [-0.3, -0.25) is 4.79 Å². The number of furan rings is 1. The fourth-order valence-corrected chi connectivity index (χ4v) is 2.83. The average Bonchev–Trinajstić information content (AvgIpc) is 3.20. The summed E-state index contributed by atoms with van der Waals surface area (Å²) < 4.78 is 12.9. The first-order valence-electron chi connectivity index (χ1n) is 8.31. The van der Waals surface area contributed by atoms with Gasteiger partial charge in [0.25, 0.3) is 5.91 Å². The number of nitrogens with one attached hydrogen (secondary N) is 1. The molecule has 0 bridgehead atoms. The second-order valence-electron chi connectivity index (χ2n) is 5.86. The molecule has 1 amide bonds. The van der Waals surface area contributed by atoms with Crippen LogP contribution in [0.5, 0.6) is 5.75 Å². The van der Waals surface area contributed by atoms with Gasteiger partial charge in [-0.1, -0.05) is 0 Å². The van der Waals surface area contributed by atoms with E-state index in [0.717, 1.165) is 28.6 Å². The zero-order valence-electron chi connectivity index (χ0n) is 14.7. The van der Waals surface area contributed by atoms with Crippen molar-refractivity contribution < 1.29 is 13.9 Å². The predicted molar refractivity (Wildman–Crippen MR) is 97.3 cm³/mol. The number of carbonyl (C=O) groups excluding carboxylic acids is 1. The number of nitrogens with zero attached hydrogens (tertiary/aromatic N) is 1. The number of rotatable bonds is 6.